The number of nitrogens with zero attached hydrogens (tertiary/aromatic N) is 4. The number of rotatable bonds is 3. The molecule has 1 aliphatic heterocycles. The van der Waals surface area contributed by atoms with Crippen LogP contribution in [0.25, 0.3) is 10.9 Å². The molecule has 0 radical (unpaired) electrons. The number of hydrogen-bond acceptors (Lipinski definition) is 4. The van der Waals surface area contributed by atoms with Crippen LogP contribution in [-0.4, -0.2) is 51.4 Å². The summed E-state index contributed by atoms with van der Waals surface area (Å²) >= 11 is 0. The van der Waals surface area contributed by atoms with Gasteiger partial charge in [0.25, 0.3) is 11.5 Å². The Balaban J connectivity index is 1.51. The molecule has 29 heavy (non-hydrogen) atoms. The average Bonchev–Trinajstić information content (AvgIpc) is 2.76. The van der Waals surface area contributed by atoms with Crippen molar-refractivity contribution in [2.24, 2.45) is 7.05 Å². The first-order valence-corrected chi connectivity index (χ1v) is 10.0. The molecule has 150 valence electrons. The number of fused-ring (bicyclic) bond motifs is 1. The van der Waals surface area contributed by atoms with Gasteiger partial charge in [-0.1, -0.05) is 30.3 Å². The van der Waals surface area contributed by atoms with Crippen LogP contribution in [-0.2, 0) is 7.05 Å². The van der Waals surface area contributed by atoms with Gasteiger partial charge in [-0.3, -0.25) is 19.1 Å². The summed E-state index contributed by atoms with van der Waals surface area (Å²) in [5.41, 5.74) is 2.48. The van der Waals surface area contributed by atoms with Gasteiger partial charge in [-0.2, -0.15) is 0 Å². The Hall–Kier alpha value is -2.99. The minimum Gasteiger partial charge on any atom is -0.336 e. The topological polar surface area (TPSA) is 58.4 Å². The van der Waals surface area contributed by atoms with Crippen LogP contribution in [0.1, 0.15) is 34.7 Å². The molecule has 3 aromatic rings. The Labute approximate surface area is 170 Å². The second-order valence-corrected chi connectivity index (χ2v) is 7.67. The molecule has 0 spiro atoms. The smallest absolute Gasteiger partial charge is 0.261 e. The molecule has 6 heteroatoms. The summed E-state index contributed by atoms with van der Waals surface area (Å²) in [5, 5.41) is 0.639. The highest BCUT2D eigenvalue weighted by molar-refractivity contribution is 5.95. The first-order chi connectivity index (χ1) is 14.0. The second kappa shape index (κ2) is 7.79. The zero-order valence-electron chi connectivity index (χ0n) is 17.1. The predicted octanol–water partition coefficient (Wildman–Crippen LogP) is 2.76. The van der Waals surface area contributed by atoms with Crippen molar-refractivity contribution in [1.29, 1.82) is 0 Å². The number of benzene rings is 2. The van der Waals surface area contributed by atoms with E-state index in [2.05, 4.69) is 11.8 Å². The van der Waals surface area contributed by atoms with Gasteiger partial charge in [0, 0.05) is 38.8 Å². The van der Waals surface area contributed by atoms with Crippen molar-refractivity contribution >= 4 is 16.8 Å². The quantitative estimate of drug-likeness (QED) is 0.690. The zero-order chi connectivity index (χ0) is 20.5. The maximum atomic E-state index is 12.9. The monoisotopic (exact) mass is 390 g/mol. The molecule has 1 saturated heterocycles. The van der Waals surface area contributed by atoms with Crippen LogP contribution < -0.4 is 5.56 Å². The first kappa shape index (κ1) is 19.3. The summed E-state index contributed by atoms with van der Waals surface area (Å²) < 4.78 is 1.65. The van der Waals surface area contributed by atoms with Crippen molar-refractivity contribution in [3.05, 3.63) is 75.8 Å². The number of amides is 1. The van der Waals surface area contributed by atoms with Gasteiger partial charge in [0.2, 0.25) is 0 Å². The lowest BCUT2D eigenvalue weighted by molar-refractivity contribution is 0.0571. The van der Waals surface area contributed by atoms with E-state index < -0.39 is 0 Å². The maximum absolute atomic E-state index is 12.9. The fourth-order valence-electron chi connectivity index (χ4n) is 4.07. The summed E-state index contributed by atoms with van der Waals surface area (Å²) in [6, 6.07) is 15.2. The Morgan fingerprint density at radius 3 is 2.38 bits per heavy atom. The third-order valence-corrected chi connectivity index (χ3v) is 5.92. The third-order valence-electron chi connectivity index (χ3n) is 5.92. The molecule has 1 amide bonds. The molecule has 1 atom stereocenters. The molecular weight excluding hydrogens is 364 g/mol. The van der Waals surface area contributed by atoms with Gasteiger partial charge in [-0.15, -0.1) is 0 Å². The normalized spacial score (nSPS) is 16.2. The number of para-hydroxylation sites is 1. The minimum absolute atomic E-state index is 0.00646. The number of hydrogen-bond donors (Lipinski definition) is 0. The Morgan fingerprint density at radius 2 is 1.66 bits per heavy atom. The highest BCUT2D eigenvalue weighted by Crippen LogP contribution is 2.22. The second-order valence-electron chi connectivity index (χ2n) is 7.67. The van der Waals surface area contributed by atoms with Gasteiger partial charge >= 0.3 is 0 Å². The summed E-state index contributed by atoms with van der Waals surface area (Å²) in [6.45, 7) is 6.88. The molecular formula is C23H26N4O2. The van der Waals surface area contributed by atoms with Crippen molar-refractivity contribution < 1.29 is 4.79 Å². The lowest BCUT2D eigenvalue weighted by Crippen LogP contribution is -2.50. The van der Waals surface area contributed by atoms with Gasteiger partial charge in [-0.25, -0.2) is 4.98 Å². The van der Waals surface area contributed by atoms with E-state index in [0.717, 1.165) is 35.6 Å². The minimum atomic E-state index is -0.0224. The van der Waals surface area contributed by atoms with E-state index in [0.29, 0.717) is 18.5 Å². The van der Waals surface area contributed by atoms with Crippen LogP contribution >= 0.6 is 0 Å². The van der Waals surface area contributed by atoms with E-state index in [1.807, 2.05) is 60.4 Å². The zero-order valence-corrected chi connectivity index (χ0v) is 17.1. The van der Waals surface area contributed by atoms with Crippen molar-refractivity contribution in [3.8, 4) is 0 Å². The van der Waals surface area contributed by atoms with Crippen molar-refractivity contribution in [3.63, 3.8) is 0 Å². The van der Waals surface area contributed by atoms with Gasteiger partial charge < -0.3 is 4.90 Å². The Bertz CT molecular complexity index is 1110. The van der Waals surface area contributed by atoms with E-state index in [-0.39, 0.29) is 17.5 Å². The third kappa shape index (κ3) is 3.56. The number of carbonyl (C=O) groups is 1. The number of carbonyl (C=O) groups excluding carboxylic acids is 1. The highest BCUT2D eigenvalue weighted by atomic mass is 16.2. The summed E-state index contributed by atoms with van der Waals surface area (Å²) in [7, 11) is 1.78. The van der Waals surface area contributed by atoms with Crippen LogP contribution in [0, 0.1) is 6.92 Å². The van der Waals surface area contributed by atoms with E-state index in [9.17, 15) is 9.59 Å². The van der Waals surface area contributed by atoms with Crippen molar-refractivity contribution in [2.45, 2.75) is 19.9 Å². The molecule has 1 aromatic heterocycles. The largest absolute Gasteiger partial charge is 0.336 e. The molecule has 4 rings (SSSR count). The fraction of sp³-hybridized carbons (Fsp3) is 0.348. The van der Waals surface area contributed by atoms with E-state index in [1.165, 1.54) is 0 Å². The fourth-order valence-corrected chi connectivity index (χ4v) is 4.07. The van der Waals surface area contributed by atoms with Crippen molar-refractivity contribution in [1.82, 2.24) is 19.4 Å². The molecule has 1 unspecified atom stereocenters. The molecule has 2 aromatic carbocycles. The first-order valence-electron chi connectivity index (χ1n) is 10.0. The van der Waals surface area contributed by atoms with E-state index >= 15 is 0 Å². The summed E-state index contributed by atoms with van der Waals surface area (Å²) in [5.74, 6) is 0.846. The lowest BCUT2D eigenvalue weighted by Gasteiger charge is -2.38. The average molecular weight is 390 g/mol. The molecule has 2 heterocycles. The predicted molar refractivity (Wildman–Crippen MR) is 114 cm³/mol. The van der Waals surface area contributed by atoms with E-state index in [4.69, 9.17) is 4.98 Å². The maximum Gasteiger partial charge on any atom is 0.261 e. The van der Waals surface area contributed by atoms with Crippen LogP contribution in [0.5, 0.6) is 0 Å². The molecule has 0 N–H and O–H groups in total. The van der Waals surface area contributed by atoms with Crippen LogP contribution in [0.15, 0.2) is 53.3 Å². The number of aromatic nitrogens is 2. The number of piperazine rings is 1. The molecule has 1 aliphatic rings. The van der Waals surface area contributed by atoms with Crippen molar-refractivity contribution in [2.75, 3.05) is 26.2 Å². The number of aryl methyl sites for hydroxylation is 1. The highest BCUT2D eigenvalue weighted by Gasteiger charge is 2.27. The van der Waals surface area contributed by atoms with Crippen LogP contribution in [0.2, 0.25) is 0 Å². The van der Waals surface area contributed by atoms with Crippen LogP contribution in [0.3, 0.4) is 0 Å². The van der Waals surface area contributed by atoms with Gasteiger partial charge in [0.15, 0.2) is 0 Å². The Kier molecular flexibility index (Phi) is 5.20. The summed E-state index contributed by atoms with van der Waals surface area (Å²) in [6.07, 6.45) is 0. The molecule has 0 bridgehead atoms. The Morgan fingerprint density at radius 1 is 1.00 bits per heavy atom. The molecule has 1 fully saturated rings. The standard InChI is InChI=1S/C23H26N4O2/c1-16-8-4-5-9-18(16)23(29)27-14-12-26(13-15-27)17(2)21-24-20-11-7-6-10-19(20)22(28)25(21)3/h4-11,17H,12-15H2,1-3H3. The SMILES string of the molecule is Cc1ccccc1C(=O)N1CCN(C(C)c2nc3ccccc3c(=O)n2C)CC1. The van der Waals surface area contributed by atoms with Gasteiger partial charge in [-0.05, 0) is 37.6 Å². The van der Waals surface area contributed by atoms with Crippen LogP contribution in [0.4, 0.5) is 0 Å². The van der Waals surface area contributed by atoms with E-state index in [1.54, 1.807) is 11.6 Å². The molecule has 0 saturated carbocycles. The lowest BCUT2D eigenvalue weighted by atomic mass is 10.1. The summed E-state index contributed by atoms with van der Waals surface area (Å²) in [4.78, 5) is 34.5. The van der Waals surface area contributed by atoms with Gasteiger partial charge in [0.05, 0.1) is 16.9 Å². The molecule has 0 aliphatic carbocycles. The molecule has 6 nitrogen and oxygen atoms in total. The van der Waals surface area contributed by atoms with Gasteiger partial charge in [0.1, 0.15) is 5.82 Å².